The van der Waals surface area contributed by atoms with Gasteiger partial charge in [-0.15, -0.1) is 53.6 Å². The number of anilines is 4. The Bertz CT molecular complexity index is 3420. The summed E-state index contributed by atoms with van der Waals surface area (Å²) in [6, 6.07) is 62.5. The van der Waals surface area contributed by atoms with Gasteiger partial charge in [0.05, 0.1) is 0 Å². The average Bonchev–Trinajstić information content (AvgIpc) is 3.89. The largest absolute Gasteiger partial charge is 0.509 e. The Morgan fingerprint density at radius 1 is 0.528 bits per heavy atom. The van der Waals surface area contributed by atoms with Crippen molar-refractivity contribution in [1.29, 1.82) is 0 Å². The van der Waals surface area contributed by atoms with Crippen LogP contribution in [0.25, 0.3) is 38.8 Å². The minimum absolute atomic E-state index is 0. The first-order valence-corrected chi connectivity index (χ1v) is 25.2. The fourth-order valence-electron chi connectivity index (χ4n) is 10.0. The first-order chi connectivity index (χ1) is 33.6. The summed E-state index contributed by atoms with van der Waals surface area (Å²) in [7, 11) is 0. The van der Waals surface area contributed by atoms with Crippen molar-refractivity contribution in [3.8, 4) is 28.4 Å². The van der Waals surface area contributed by atoms with Gasteiger partial charge >= 0.3 is 0 Å². The fourth-order valence-corrected chi connectivity index (χ4v) is 10.0. The van der Waals surface area contributed by atoms with Crippen LogP contribution in [0.2, 0.25) is 0 Å². The minimum Gasteiger partial charge on any atom is -0.509 e. The van der Waals surface area contributed by atoms with Crippen LogP contribution in [0.15, 0.2) is 158 Å². The van der Waals surface area contributed by atoms with Crippen molar-refractivity contribution in [3.05, 3.63) is 210 Å². The molecule has 7 aromatic carbocycles. The molecule has 0 N–H and O–H groups in total. The van der Waals surface area contributed by atoms with Gasteiger partial charge in [-0.3, -0.25) is 0 Å². The van der Waals surface area contributed by atoms with Gasteiger partial charge in [-0.2, -0.15) is 6.07 Å². The van der Waals surface area contributed by atoms with Gasteiger partial charge in [-0.1, -0.05) is 180 Å². The Hall–Kier alpha value is -6.42. The molecule has 0 saturated heterocycles. The van der Waals surface area contributed by atoms with Crippen LogP contribution >= 0.6 is 0 Å². The molecule has 0 spiro atoms. The minimum atomic E-state index is -0.243. The molecule has 0 amide bonds. The van der Waals surface area contributed by atoms with Gasteiger partial charge < -0.3 is 19.1 Å². The third kappa shape index (κ3) is 9.54. The van der Waals surface area contributed by atoms with E-state index >= 15 is 0 Å². The van der Waals surface area contributed by atoms with Crippen molar-refractivity contribution < 1.29 is 25.8 Å². The standard InChI is InChI=1S/C66H67N4O.Pt/c1-43(2)54-23-17-18-24-55(54)44-33-50(69-42-68(59-30-27-46(38-61(59)69)63(3,4)5)51-36-48(64(6,7)8)35-49(37-51)65(9,10)11)40-53(34-44)71-52-28-29-57-56-25-19-20-26-58(56)70(60(57)41-52)62-39-47(31-32-67-62)66(12,13)45-21-15-14-16-22-45;/h14-39,42-43H,1-13H3;/q-3;. The van der Waals surface area contributed by atoms with E-state index in [4.69, 9.17) is 9.72 Å². The first-order valence-electron chi connectivity index (χ1n) is 25.2. The Morgan fingerprint density at radius 2 is 1.19 bits per heavy atom. The second-order valence-corrected chi connectivity index (χ2v) is 23.4. The summed E-state index contributed by atoms with van der Waals surface area (Å²) < 4.78 is 9.28. The molecule has 370 valence electrons. The molecule has 5 nitrogen and oxygen atoms in total. The maximum absolute atomic E-state index is 7.06. The third-order valence-electron chi connectivity index (χ3n) is 14.5. The van der Waals surface area contributed by atoms with E-state index in [1.165, 1.54) is 38.9 Å². The zero-order chi connectivity index (χ0) is 50.2. The second kappa shape index (κ2) is 18.9. The van der Waals surface area contributed by atoms with E-state index in [0.29, 0.717) is 17.4 Å². The maximum Gasteiger partial charge on any atom is 0.135 e. The number of para-hydroxylation sites is 1. The van der Waals surface area contributed by atoms with Gasteiger partial charge in [-0.25, -0.2) is 4.98 Å². The van der Waals surface area contributed by atoms with Gasteiger partial charge in [0.2, 0.25) is 0 Å². The quantitative estimate of drug-likeness (QED) is 0.135. The first kappa shape index (κ1) is 50.5. The van der Waals surface area contributed by atoms with Crippen LogP contribution in [0.1, 0.15) is 129 Å². The number of hydrogen-bond donors (Lipinski definition) is 0. The van der Waals surface area contributed by atoms with Crippen molar-refractivity contribution >= 4 is 44.6 Å². The topological polar surface area (TPSA) is 33.5 Å². The Labute approximate surface area is 443 Å². The molecule has 0 aliphatic carbocycles. The molecule has 0 bridgehead atoms. The van der Waals surface area contributed by atoms with E-state index in [1.807, 2.05) is 12.3 Å². The molecule has 9 aromatic rings. The van der Waals surface area contributed by atoms with E-state index < -0.39 is 0 Å². The van der Waals surface area contributed by atoms with Crippen LogP contribution in [0.5, 0.6) is 11.5 Å². The summed E-state index contributed by atoms with van der Waals surface area (Å²) in [4.78, 5) is 9.68. The number of ether oxygens (including phenoxy) is 1. The molecule has 0 unspecified atom stereocenters. The molecule has 1 aliphatic heterocycles. The molecule has 0 radical (unpaired) electrons. The Balaban J connectivity index is 0.00000640. The molecule has 1 aliphatic rings. The Kier molecular flexibility index (Phi) is 13.2. The van der Waals surface area contributed by atoms with Gasteiger partial charge in [0, 0.05) is 66.8 Å². The number of nitrogens with zero attached hydrogens (tertiary/aromatic N) is 4. The van der Waals surface area contributed by atoms with Gasteiger partial charge in [-0.05, 0) is 109 Å². The van der Waals surface area contributed by atoms with Crippen LogP contribution in [0, 0.1) is 18.8 Å². The van der Waals surface area contributed by atoms with Gasteiger partial charge in [0.1, 0.15) is 5.82 Å². The van der Waals surface area contributed by atoms with E-state index in [2.05, 4.69) is 269 Å². The van der Waals surface area contributed by atoms with E-state index in [0.717, 1.165) is 55.9 Å². The molecule has 0 fully saturated rings. The van der Waals surface area contributed by atoms with Crippen molar-refractivity contribution in [2.75, 3.05) is 9.80 Å². The summed E-state index contributed by atoms with van der Waals surface area (Å²) in [6.45, 7) is 32.0. The van der Waals surface area contributed by atoms with E-state index in [9.17, 15) is 0 Å². The SMILES string of the molecule is CC(C)c1ccccc1-c1cc(Oc2[c-]c3c(cc2)c2ccccc2n3-c2cc(C(C)(C)c3ccccc3)ccn2)[c-]c(N2[CH-]N(c3cc(C(C)(C)C)cc(C(C)(C)C)c3)c3ccc(C(C)(C)C)cc32)c1.[Pt]. The smallest absolute Gasteiger partial charge is 0.135 e. The number of rotatable bonds is 9. The molecule has 2 aromatic heterocycles. The van der Waals surface area contributed by atoms with Crippen LogP contribution in [0.3, 0.4) is 0 Å². The van der Waals surface area contributed by atoms with Crippen molar-refractivity contribution in [3.63, 3.8) is 0 Å². The zero-order valence-electron chi connectivity index (χ0n) is 44.2. The Morgan fingerprint density at radius 3 is 1.89 bits per heavy atom. The van der Waals surface area contributed by atoms with Crippen LogP contribution in [-0.2, 0) is 42.7 Å². The molecular formula is C66H67N4OPt-3. The summed E-state index contributed by atoms with van der Waals surface area (Å²) in [5.41, 5.74) is 15.6. The fraction of sp³-hybridized carbons (Fsp3) is 0.273. The van der Waals surface area contributed by atoms with E-state index in [1.54, 1.807) is 0 Å². The predicted molar refractivity (Wildman–Crippen MR) is 298 cm³/mol. The molecule has 72 heavy (non-hydrogen) atoms. The summed E-state index contributed by atoms with van der Waals surface area (Å²) >= 11 is 0. The van der Waals surface area contributed by atoms with Crippen LogP contribution in [0.4, 0.5) is 22.7 Å². The predicted octanol–water partition coefficient (Wildman–Crippen LogP) is 18.0. The third-order valence-corrected chi connectivity index (χ3v) is 14.5. The number of aromatic nitrogens is 2. The monoisotopic (exact) mass is 1130 g/mol. The molecule has 6 heteroatoms. The zero-order valence-corrected chi connectivity index (χ0v) is 46.5. The number of hydrogen-bond acceptors (Lipinski definition) is 4. The van der Waals surface area contributed by atoms with Crippen molar-refractivity contribution in [2.24, 2.45) is 0 Å². The van der Waals surface area contributed by atoms with Crippen molar-refractivity contribution in [1.82, 2.24) is 9.55 Å². The van der Waals surface area contributed by atoms with Gasteiger partial charge in [0.15, 0.2) is 0 Å². The van der Waals surface area contributed by atoms with Crippen LogP contribution in [-0.4, -0.2) is 9.55 Å². The average molecular weight is 1130 g/mol. The summed E-state index contributed by atoms with van der Waals surface area (Å²) in [6.07, 6.45) is 1.93. The van der Waals surface area contributed by atoms with Crippen molar-refractivity contribution in [2.45, 2.75) is 118 Å². The van der Waals surface area contributed by atoms with Gasteiger partial charge in [0.25, 0.3) is 0 Å². The summed E-state index contributed by atoms with van der Waals surface area (Å²) in [5, 5.41) is 2.21. The molecule has 3 heterocycles. The maximum atomic E-state index is 7.06. The molecular weight excluding hydrogens is 1060 g/mol. The number of benzene rings is 7. The molecule has 0 saturated carbocycles. The molecule has 10 rings (SSSR count). The number of fused-ring (bicyclic) bond motifs is 4. The number of pyridine rings is 1. The van der Waals surface area contributed by atoms with Crippen LogP contribution < -0.4 is 14.5 Å². The normalized spacial score (nSPS) is 13.2. The van der Waals surface area contributed by atoms with E-state index in [-0.39, 0.29) is 42.7 Å². The second-order valence-electron chi connectivity index (χ2n) is 23.4. The molecule has 0 atom stereocenters. The summed E-state index contributed by atoms with van der Waals surface area (Å²) in [5.74, 6) is 2.33.